The van der Waals surface area contributed by atoms with Gasteiger partial charge in [-0.1, -0.05) is 37.0 Å². The van der Waals surface area contributed by atoms with Crippen LogP contribution in [0.3, 0.4) is 0 Å². The van der Waals surface area contributed by atoms with Crippen LogP contribution < -0.4 is 0 Å². The van der Waals surface area contributed by atoms with E-state index in [1.54, 1.807) is 0 Å². The van der Waals surface area contributed by atoms with Crippen molar-refractivity contribution < 1.29 is 0 Å². The fraction of sp³-hybridized carbons (Fsp3) is 0.444. The summed E-state index contributed by atoms with van der Waals surface area (Å²) in [6, 6.07) is 0. The fourth-order valence-electron chi connectivity index (χ4n) is 1.41. The van der Waals surface area contributed by atoms with E-state index in [9.17, 15) is 0 Å². The smallest absolute Gasteiger partial charge is 0.199 e. The molecule has 2 heterocycles. The molecule has 0 saturated carbocycles. The third-order valence-corrected chi connectivity index (χ3v) is 3.12. The van der Waals surface area contributed by atoms with Crippen molar-refractivity contribution in [3.63, 3.8) is 0 Å². The normalized spacial score (nSPS) is 13.3. The first-order valence-electron chi connectivity index (χ1n) is 4.69. The van der Waals surface area contributed by atoms with Gasteiger partial charge in [-0.05, 0) is 12.3 Å². The molecule has 2 aromatic rings. The molecular formula is C9H10Cl2N4. The van der Waals surface area contributed by atoms with E-state index in [0.717, 1.165) is 12.0 Å². The SMILES string of the molecule is CCC(C)c1c(Cl)nc2ncnn2c1Cl. The largest absolute Gasteiger partial charge is 0.254 e. The number of rotatable bonds is 2. The molecule has 0 saturated heterocycles. The number of hydrogen-bond donors (Lipinski definition) is 0. The first kappa shape index (κ1) is 10.6. The molecule has 2 aromatic heterocycles. The molecular weight excluding hydrogens is 235 g/mol. The quantitative estimate of drug-likeness (QED) is 0.764. The molecule has 4 nitrogen and oxygen atoms in total. The van der Waals surface area contributed by atoms with Crippen molar-refractivity contribution in [1.82, 2.24) is 19.6 Å². The summed E-state index contributed by atoms with van der Waals surface area (Å²) in [6.07, 6.45) is 2.35. The van der Waals surface area contributed by atoms with Gasteiger partial charge in [-0.25, -0.2) is 0 Å². The predicted molar refractivity (Wildman–Crippen MR) is 59.5 cm³/mol. The molecule has 0 spiro atoms. The molecule has 0 amide bonds. The van der Waals surface area contributed by atoms with Crippen LogP contribution in [0.4, 0.5) is 0 Å². The summed E-state index contributed by atoms with van der Waals surface area (Å²) >= 11 is 12.3. The summed E-state index contributed by atoms with van der Waals surface area (Å²) in [5.74, 6) is 0.683. The minimum Gasteiger partial charge on any atom is -0.199 e. The number of nitrogens with zero attached hydrogens (tertiary/aromatic N) is 4. The Labute approximate surface area is 97.2 Å². The topological polar surface area (TPSA) is 43.1 Å². The van der Waals surface area contributed by atoms with Crippen LogP contribution in [0.1, 0.15) is 31.7 Å². The number of hydrogen-bond acceptors (Lipinski definition) is 3. The van der Waals surface area contributed by atoms with Crippen LogP contribution in [0.5, 0.6) is 0 Å². The number of halogens is 2. The monoisotopic (exact) mass is 244 g/mol. The van der Waals surface area contributed by atoms with Gasteiger partial charge < -0.3 is 0 Å². The second kappa shape index (κ2) is 3.94. The molecule has 80 valence electrons. The average Bonchev–Trinajstić information content (AvgIpc) is 2.65. The highest BCUT2D eigenvalue weighted by atomic mass is 35.5. The molecule has 0 N–H and O–H groups in total. The molecule has 0 aliphatic heterocycles. The summed E-state index contributed by atoms with van der Waals surface area (Å²) in [4.78, 5) is 8.07. The van der Waals surface area contributed by atoms with Crippen LogP contribution in [0.2, 0.25) is 10.3 Å². The molecule has 6 heteroatoms. The van der Waals surface area contributed by atoms with Gasteiger partial charge in [-0.2, -0.15) is 19.6 Å². The van der Waals surface area contributed by atoms with Crippen molar-refractivity contribution >= 4 is 29.0 Å². The Morgan fingerprint density at radius 1 is 1.47 bits per heavy atom. The van der Waals surface area contributed by atoms with Crippen LogP contribution in [-0.2, 0) is 0 Å². The van der Waals surface area contributed by atoms with Crippen LogP contribution in [0.25, 0.3) is 5.78 Å². The zero-order valence-corrected chi connectivity index (χ0v) is 9.92. The third-order valence-electron chi connectivity index (χ3n) is 2.46. The van der Waals surface area contributed by atoms with E-state index in [2.05, 4.69) is 28.9 Å². The van der Waals surface area contributed by atoms with Gasteiger partial charge in [-0.15, -0.1) is 0 Å². The third kappa shape index (κ3) is 1.68. The van der Waals surface area contributed by atoms with Crippen molar-refractivity contribution in [3.05, 3.63) is 22.2 Å². The molecule has 0 radical (unpaired) electrons. The maximum absolute atomic E-state index is 6.20. The molecule has 1 atom stereocenters. The zero-order valence-electron chi connectivity index (χ0n) is 8.41. The molecule has 2 rings (SSSR count). The van der Waals surface area contributed by atoms with E-state index in [1.165, 1.54) is 10.8 Å². The highest BCUT2D eigenvalue weighted by molar-refractivity contribution is 6.35. The maximum atomic E-state index is 6.20. The van der Waals surface area contributed by atoms with E-state index in [0.29, 0.717) is 16.1 Å². The minimum atomic E-state index is 0.256. The lowest BCUT2D eigenvalue weighted by Crippen LogP contribution is -2.03. The predicted octanol–water partition coefficient (Wildman–Crippen LogP) is 2.94. The van der Waals surface area contributed by atoms with Gasteiger partial charge in [0.15, 0.2) is 0 Å². The molecule has 0 aromatic carbocycles. The minimum absolute atomic E-state index is 0.256. The molecule has 0 aliphatic rings. The Hall–Kier alpha value is -0.870. The summed E-state index contributed by atoms with van der Waals surface area (Å²) in [6.45, 7) is 4.13. The summed E-state index contributed by atoms with van der Waals surface area (Å²) < 4.78 is 1.49. The van der Waals surface area contributed by atoms with E-state index in [4.69, 9.17) is 23.2 Å². The van der Waals surface area contributed by atoms with Crippen molar-refractivity contribution in [1.29, 1.82) is 0 Å². The van der Waals surface area contributed by atoms with E-state index >= 15 is 0 Å². The van der Waals surface area contributed by atoms with Crippen molar-refractivity contribution in [2.45, 2.75) is 26.2 Å². The molecule has 0 bridgehead atoms. The Kier molecular flexibility index (Phi) is 2.80. The standard InChI is InChI=1S/C9H10Cl2N4/c1-3-5(2)6-7(10)14-9-12-4-13-15(9)8(6)11/h4-5H,3H2,1-2H3. The molecule has 0 fully saturated rings. The number of aromatic nitrogens is 4. The first-order chi connectivity index (χ1) is 7.15. The molecule has 15 heavy (non-hydrogen) atoms. The Bertz CT molecular complexity index is 494. The molecule has 0 aliphatic carbocycles. The van der Waals surface area contributed by atoms with Gasteiger partial charge in [0.1, 0.15) is 16.6 Å². The van der Waals surface area contributed by atoms with Gasteiger partial charge in [0, 0.05) is 5.56 Å². The maximum Gasteiger partial charge on any atom is 0.254 e. The first-order valence-corrected chi connectivity index (χ1v) is 5.45. The Morgan fingerprint density at radius 2 is 2.20 bits per heavy atom. The summed E-state index contributed by atoms with van der Waals surface area (Å²) in [5.41, 5.74) is 0.832. The highest BCUT2D eigenvalue weighted by Crippen LogP contribution is 2.31. The fourth-order valence-corrected chi connectivity index (χ4v) is 2.20. The molecule has 1 unspecified atom stereocenters. The van der Waals surface area contributed by atoms with Gasteiger partial charge >= 0.3 is 0 Å². The average molecular weight is 245 g/mol. The summed E-state index contributed by atoms with van der Waals surface area (Å²) in [7, 11) is 0. The lowest BCUT2D eigenvalue weighted by atomic mass is 10.0. The van der Waals surface area contributed by atoms with Crippen molar-refractivity contribution in [2.24, 2.45) is 0 Å². The van der Waals surface area contributed by atoms with E-state index in [1.807, 2.05) is 0 Å². The van der Waals surface area contributed by atoms with Crippen LogP contribution >= 0.6 is 23.2 Å². The highest BCUT2D eigenvalue weighted by Gasteiger charge is 2.17. The van der Waals surface area contributed by atoms with Crippen molar-refractivity contribution in [2.75, 3.05) is 0 Å². The van der Waals surface area contributed by atoms with Gasteiger partial charge in [0.05, 0.1) is 0 Å². The lowest BCUT2D eigenvalue weighted by molar-refractivity contribution is 0.718. The van der Waals surface area contributed by atoms with Crippen molar-refractivity contribution in [3.8, 4) is 0 Å². The Morgan fingerprint density at radius 3 is 2.87 bits per heavy atom. The van der Waals surface area contributed by atoms with Gasteiger partial charge in [0.2, 0.25) is 0 Å². The second-order valence-corrected chi connectivity index (χ2v) is 4.10. The zero-order chi connectivity index (χ0) is 11.0. The van der Waals surface area contributed by atoms with Crippen LogP contribution in [0, 0.1) is 0 Å². The van der Waals surface area contributed by atoms with E-state index in [-0.39, 0.29) is 5.92 Å². The lowest BCUT2D eigenvalue weighted by Gasteiger charge is -2.12. The van der Waals surface area contributed by atoms with Gasteiger partial charge in [0.25, 0.3) is 5.78 Å². The van der Waals surface area contributed by atoms with Crippen LogP contribution in [-0.4, -0.2) is 19.6 Å². The van der Waals surface area contributed by atoms with E-state index < -0.39 is 0 Å². The van der Waals surface area contributed by atoms with Gasteiger partial charge in [-0.3, -0.25) is 0 Å². The summed E-state index contributed by atoms with van der Waals surface area (Å²) in [5, 5.41) is 4.90. The van der Waals surface area contributed by atoms with Crippen LogP contribution in [0.15, 0.2) is 6.33 Å². The Balaban J connectivity index is 2.72. The number of fused-ring (bicyclic) bond motifs is 1. The second-order valence-electron chi connectivity index (χ2n) is 3.39.